The summed E-state index contributed by atoms with van der Waals surface area (Å²) in [5, 5.41) is 13.6. The number of halogens is 2. The van der Waals surface area contributed by atoms with Crippen LogP contribution in [0.15, 0.2) is 47.4 Å². The molecule has 0 saturated heterocycles. The van der Waals surface area contributed by atoms with Gasteiger partial charge in [0, 0.05) is 34.2 Å². The summed E-state index contributed by atoms with van der Waals surface area (Å²) >= 11 is 7.24. The van der Waals surface area contributed by atoms with E-state index in [-0.39, 0.29) is 17.8 Å². The first-order valence-corrected chi connectivity index (χ1v) is 7.94. The van der Waals surface area contributed by atoms with Crippen molar-refractivity contribution in [3.63, 3.8) is 0 Å². The molecule has 0 aliphatic carbocycles. The second-order valence-electron chi connectivity index (χ2n) is 4.52. The van der Waals surface area contributed by atoms with Crippen LogP contribution in [-0.2, 0) is 4.79 Å². The second-order valence-corrected chi connectivity index (χ2v) is 6.13. The monoisotopic (exact) mass is 354 g/mol. The van der Waals surface area contributed by atoms with Crippen LogP contribution in [0.4, 0.5) is 15.8 Å². The van der Waals surface area contributed by atoms with Gasteiger partial charge in [-0.05, 0) is 30.3 Å². The summed E-state index contributed by atoms with van der Waals surface area (Å²) in [5.74, 6) is -0.635. The van der Waals surface area contributed by atoms with Gasteiger partial charge in [-0.25, -0.2) is 4.39 Å². The van der Waals surface area contributed by atoms with Crippen LogP contribution in [0.25, 0.3) is 0 Å². The maximum absolute atomic E-state index is 13.6. The number of nitro groups is 1. The van der Waals surface area contributed by atoms with Gasteiger partial charge in [0.15, 0.2) is 0 Å². The van der Waals surface area contributed by atoms with Gasteiger partial charge in [-0.15, -0.1) is 11.8 Å². The minimum absolute atomic E-state index is 0.148. The van der Waals surface area contributed by atoms with Crippen LogP contribution in [0.5, 0.6) is 0 Å². The van der Waals surface area contributed by atoms with Crippen LogP contribution in [-0.4, -0.2) is 16.6 Å². The van der Waals surface area contributed by atoms with Crippen molar-refractivity contribution in [2.45, 2.75) is 11.3 Å². The quantitative estimate of drug-likeness (QED) is 0.470. The fourth-order valence-electron chi connectivity index (χ4n) is 1.73. The highest BCUT2D eigenvalue weighted by atomic mass is 35.5. The van der Waals surface area contributed by atoms with Crippen LogP contribution >= 0.6 is 23.4 Å². The molecule has 0 aromatic heterocycles. The number of rotatable bonds is 6. The van der Waals surface area contributed by atoms with E-state index < -0.39 is 16.6 Å². The number of thioether (sulfide) groups is 1. The summed E-state index contributed by atoms with van der Waals surface area (Å²) in [4.78, 5) is 22.8. The van der Waals surface area contributed by atoms with Crippen molar-refractivity contribution in [3.8, 4) is 0 Å². The average molecular weight is 355 g/mol. The van der Waals surface area contributed by atoms with Gasteiger partial charge >= 0.3 is 0 Å². The van der Waals surface area contributed by atoms with Gasteiger partial charge in [-0.3, -0.25) is 14.9 Å². The zero-order chi connectivity index (χ0) is 16.8. The molecule has 0 radical (unpaired) electrons. The van der Waals surface area contributed by atoms with Crippen molar-refractivity contribution in [1.82, 2.24) is 0 Å². The molecule has 23 heavy (non-hydrogen) atoms. The van der Waals surface area contributed by atoms with Gasteiger partial charge in [-0.2, -0.15) is 0 Å². The smallest absolute Gasteiger partial charge is 0.271 e. The molecule has 2 aromatic rings. The molecular formula is C15H12ClFN2O3S. The van der Waals surface area contributed by atoms with E-state index in [1.807, 2.05) is 12.1 Å². The van der Waals surface area contributed by atoms with E-state index in [1.165, 1.54) is 11.8 Å². The summed E-state index contributed by atoms with van der Waals surface area (Å²) in [5.41, 5.74) is -0.474. The summed E-state index contributed by atoms with van der Waals surface area (Å²) in [6.45, 7) is 0. The first-order chi connectivity index (χ1) is 11.0. The minimum atomic E-state index is -0.714. The zero-order valence-corrected chi connectivity index (χ0v) is 13.4. The number of carbonyl (C=O) groups is 1. The third-order valence-electron chi connectivity index (χ3n) is 2.85. The van der Waals surface area contributed by atoms with Gasteiger partial charge in [0.05, 0.1) is 10.6 Å². The molecule has 0 unspecified atom stereocenters. The molecule has 5 nitrogen and oxygen atoms in total. The Morgan fingerprint density at radius 1 is 1.26 bits per heavy atom. The fraction of sp³-hybridized carbons (Fsp3) is 0.133. The molecule has 0 atom stereocenters. The Hall–Kier alpha value is -2.12. The number of nitrogens with zero attached hydrogens (tertiary/aromatic N) is 1. The van der Waals surface area contributed by atoms with Crippen molar-refractivity contribution in [3.05, 3.63) is 63.4 Å². The largest absolute Gasteiger partial charge is 0.323 e. The molecule has 0 bridgehead atoms. The second kappa shape index (κ2) is 7.94. The standard InChI is InChI=1S/C15H12ClFN2O3S/c16-10-1-4-12(5-2-10)23-8-7-15(20)18-14-9-11(19(21)22)3-6-13(14)17/h1-6,9H,7-8H2,(H,18,20). The van der Waals surface area contributed by atoms with Gasteiger partial charge < -0.3 is 5.32 Å². The van der Waals surface area contributed by atoms with Crippen LogP contribution < -0.4 is 5.32 Å². The lowest BCUT2D eigenvalue weighted by atomic mass is 10.2. The van der Waals surface area contributed by atoms with E-state index >= 15 is 0 Å². The number of nitrogens with one attached hydrogen (secondary N) is 1. The van der Waals surface area contributed by atoms with Crippen molar-refractivity contribution < 1.29 is 14.1 Å². The number of non-ortho nitro benzene ring substituents is 1. The van der Waals surface area contributed by atoms with Gasteiger partial charge in [0.2, 0.25) is 5.91 Å². The van der Waals surface area contributed by atoms with Gasteiger partial charge in [0.25, 0.3) is 5.69 Å². The molecule has 0 aliphatic heterocycles. The molecule has 2 rings (SSSR count). The topological polar surface area (TPSA) is 72.2 Å². The molecule has 0 spiro atoms. The molecule has 8 heteroatoms. The first kappa shape index (κ1) is 17.2. The Bertz CT molecular complexity index is 725. The Morgan fingerprint density at radius 3 is 2.61 bits per heavy atom. The highest BCUT2D eigenvalue weighted by Gasteiger charge is 2.13. The predicted molar refractivity (Wildman–Crippen MR) is 88.5 cm³/mol. The highest BCUT2D eigenvalue weighted by Crippen LogP contribution is 2.23. The van der Waals surface area contributed by atoms with Crippen molar-refractivity contribution in [2.75, 3.05) is 11.1 Å². The highest BCUT2D eigenvalue weighted by molar-refractivity contribution is 7.99. The fourth-order valence-corrected chi connectivity index (χ4v) is 2.71. The van der Waals surface area contributed by atoms with Crippen molar-refractivity contribution in [1.29, 1.82) is 0 Å². The summed E-state index contributed by atoms with van der Waals surface area (Å²) < 4.78 is 13.6. The number of carbonyl (C=O) groups excluding carboxylic acids is 1. The lowest BCUT2D eigenvalue weighted by Crippen LogP contribution is -2.13. The van der Waals surface area contributed by atoms with Crippen molar-refractivity contribution in [2.24, 2.45) is 0 Å². The lowest BCUT2D eigenvalue weighted by molar-refractivity contribution is -0.384. The average Bonchev–Trinajstić information content (AvgIpc) is 2.51. The molecule has 0 fully saturated rings. The Labute approximate surface area is 141 Å². The Kier molecular flexibility index (Phi) is 5.95. The maximum atomic E-state index is 13.6. The van der Waals surface area contributed by atoms with Crippen LogP contribution in [0.3, 0.4) is 0 Å². The van der Waals surface area contributed by atoms with Crippen LogP contribution in [0.2, 0.25) is 5.02 Å². The Morgan fingerprint density at radius 2 is 1.96 bits per heavy atom. The number of benzene rings is 2. The number of nitro benzene ring substituents is 1. The molecule has 0 aliphatic rings. The molecular weight excluding hydrogens is 343 g/mol. The zero-order valence-electron chi connectivity index (χ0n) is 11.8. The summed E-state index contributed by atoms with van der Waals surface area (Å²) in [6, 6.07) is 10.2. The molecule has 2 aromatic carbocycles. The molecule has 0 saturated carbocycles. The van der Waals surface area contributed by atoms with Crippen LogP contribution in [0, 0.1) is 15.9 Å². The third-order valence-corrected chi connectivity index (χ3v) is 4.11. The van der Waals surface area contributed by atoms with E-state index in [4.69, 9.17) is 11.6 Å². The summed E-state index contributed by atoms with van der Waals surface area (Å²) in [7, 11) is 0. The van der Waals surface area contributed by atoms with Crippen molar-refractivity contribution >= 4 is 40.6 Å². The van der Waals surface area contributed by atoms with E-state index in [0.29, 0.717) is 10.8 Å². The lowest BCUT2D eigenvalue weighted by Gasteiger charge is -2.06. The summed E-state index contributed by atoms with van der Waals surface area (Å²) in [6.07, 6.45) is 0.148. The van der Waals surface area contributed by atoms with E-state index in [0.717, 1.165) is 23.1 Å². The number of anilines is 1. The predicted octanol–water partition coefficient (Wildman–Crippen LogP) is 4.51. The van der Waals surface area contributed by atoms with E-state index in [9.17, 15) is 19.3 Å². The first-order valence-electron chi connectivity index (χ1n) is 6.58. The third kappa shape index (κ3) is 5.22. The normalized spacial score (nSPS) is 10.3. The number of hydrogen-bond acceptors (Lipinski definition) is 4. The van der Waals surface area contributed by atoms with Crippen LogP contribution in [0.1, 0.15) is 6.42 Å². The van der Waals surface area contributed by atoms with Gasteiger partial charge in [-0.1, -0.05) is 11.6 Å². The SMILES string of the molecule is O=C(CCSc1ccc(Cl)cc1)Nc1cc([N+](=O)[O-])ccc1F. The Balaban J connectivity index is 1.88. The molecule has 0 heterocycles. The van der Waals surface area contributed by atoms with E-state index in [1.54, 1.807) is 12.1 Å². The molecule has 1 N–H and O–H groups in total. The van der Waals surface area contributed by atoms with E-state index in [2.05, 4.69) is 5.32 Å². The maximum Gasteiger partial charge on any atom is 0.271 e. The number of amides is 1. The number of hydrogen-bond donors (Lipinski definition) is 1. The molecule has 120 valence electrons. The molecule has 1 amide bonds. The minimum Gasteiger partial charge on any atom is -0.323 e. The van der Waals surface area contributed by atoms with Gasteiger partial charge in [0.1, 0.15) is 5.82 Å².